The summed E-state index contributed by atoms with van der Waals surface area (Å²) in [6.45, 7) is 5.01. The highest BCUT2D eigenvalue weighted by Gasteiger charge is 2.21. The van der Waals surface area contributed by atoms with E-state index in [1.807, 2.05) is 4.90 Å². The number of aromatic nitrogens is 1. The highest BCUT2D eigenvalue weighted by molar-refractivity contribution is 5.76. The van der Waals surface area contributed by atoms with Gasteiger partial charge in [0.15, 0.2) is 0 Å². The molecule has 1 aliphatic heterocycles. The number of nitrogens with zero attached hydrogens (tertiary/aromatic N) is 4. The van der Waals surface area contributed by atoms with Gasteiger partial charge >= 0.3 is 0 Å². The minimum Gasteiger partial charge on any atom is -0.353 e. The molecule has 0 saturated carbocycles. The van der Waals surface area contributed by atoms with Crippen LogP contribution in [0.1, 0.15) is 29.5 Å². The second kappa shape index (κ2) is 8.48. The van der Waals surface area contributed by atoms with Gasteiger partial charge in [-0.3, -0.25) is 4.79 Å². The van der Waals surface area contributed by atoms with Crippen LogP contribution < -0.4 is 4.90 Å². The topological polar surface area (TPSA) is 60.2 Å². The van der Waals surface area contributed by atoms with E-state index in [-0.39, 0.29) is 5.91 Å². The summed E-state index contributed by atoms with van der Waals surface area (Å²) in [7, 11) is 0. The zero-order valence-corrected chi connectivity index (χ0v) is 15.2. The van der Waals surface area contributed by atoms with E-state index in [0.717, 1.165) is 31.7 Å². The Morgan fingerprint density at radius 2 is 1.88 bits per heavy atom. The maximum atomic E-state index is 12.4. The Labute approximate surface area is 154 Å². The average Bonchev–Trinajstić information content (AvgIpc) is 2.69. The Balaban J connectivity index is 1.44. The molecule has 0 bridgehead atoms. The molecule has 5 nitrogen and oxygen atoms in total. The summed E-state index contributed by atoms with van der Waals surface area (Å²) >= 11 is 0. The molecule has 2 aromatic rings. The minimum atomic E-state index is 0.232. The first-order chi connectivity index (χ1) is 12.7. The summed E-state index contributed by atoms with van der Waals surface area (Å²) in [5.41, 5.74) is 3.17. The Bertz CT molecular complexity index is 786. The highest BCUT2D eigenvalue weighted by Crippen LogP contribution is 2.16. The van der Waals surface area contributed by atoms with Gasteiger partial charge in [0, 0.05) is 38.8 Å². The van der Waals surface area contributed by atoms with Gasteiger partial charge in [0.1, 0.15) is 5.82 Å². The minimum absolute atomic E-state index is 0.232. The molecule has 0 atom stereocenters. The standard InChI is InChI=1S/C21H24N4O/c1-17-5-7-18(8-6-17)3-2-4-21(26)25-13-11-24(12-14-25)20-15-19(16-22)9-10-23-20/h5-10,15H,2-4,11-14H2,1H3. The van der Waals surface area contributed by atoms with Crippen molar-refractivity contribution in [3.8, 4) is 6.07 Å². The van der Waals surface area contributed by atoms with Gasteiger partial charge in [-0.2, -0.15) is 5.26 Å². The number of amides is 1. The van der Waals surface area contributed by atoms with Crippen molar-refractivity contribution in [2.75, 3.05) is 31.1 Å². The van der Waals surface area contributed by atoms with Crippen LogP contribution in [0.4, 0.5) is 5.82 Å². The lowest BCUT2D eigenvalue weighted by atomic mass is 10.1. The third kappa shape index (κ3) is 4.60. The molecule has 0 spiro atoms. The van der Waals surface area contributed by atoms with E-state index in [1.54, 1.807) is 18.3 Å². The first kappa shape index (κ1) is 17.9. The third-order valence-electron chi connectivity index (χ3n) is 4.81. The highest BCUT2D eigenvalue weighted by atomic mass is 16.2. The predicted octanol–water partition coefficient (Wildman–Crippen LogP) is 2.93. The van der Waals surface area contributed by atoms with Crippen molar-refractivity contribution in [3.05, 3.63) is 59.3 Å². The van der Waals surface area contributed by atoms with E-state index >= 15 is 0 Å². The molecule has 3 rings (SSSR count). The number of carbonyl (C=O) groups excluding carboxylic acids is 1. The van der Waals surface area contributed by atoms with Gasteiger partial charge in [-0.15, -0.1) is 0 Å². The number of carbonyl (C=O) groups is 1. The molecule has 1 aliphatic rings. The van der Waals surface area contributed by atoms with Crippen LogP contribution in [0.2, 0.25) is 0 Å². The molecule has 0 unspecified atom stereocenters. The van der Waals surface area contributed by atoms with E-state index < -0.39 is 0 Å². The van der Waals surface area contributed by atoms with Crippen molar-refractivity contribution >= 4 is 11.7 Å². The smallest absolute Gasteiger partial charge is 0.222 e. The molecule has 1 aromatic carbocycles. The monoisotopic (exact) mass is 348 g/mol. The molecule has 1 saturated heterocycles. The molecule has 1 aromatic heterocycles. The number of hydrogen-bond acceptors (Lipinski definition) is 4. The number of pyridine rings is 1. The van der Waals surface area contributed by atoms with Crippen LogP contribution in [0.5, 0.6) is 0 Å². The van der Waals surface area contributed by atoms with E-state index in [1.165, 1.54) is 11.1 Å². The van der Waals surface area contributed by atoms with Gasteiger partial charge < -0.3 is 9.80 Å². The van der Waals surface area contributed by atoms with Gasteiger partial charge in [-0.05, 0) is 37.5 Å². The van der Waals surface area contributed by atoms with Crippen LogP contribution in [0.25, 0.3) is 0 Å². The Hall–Kier alpha value is -2.87. The van der Waals surface area contributed by atoms with E-state index in [9.17, 15) is 4.79 Å². The van der Waals surface area contributed by atoms with Crippen molar-refractivity contribution in [2.45, 2.75) is 26.2 Å². The van der Waals surface area contributed by atoms with Crippen LogP contribution in [-0.4, -0.2) is 42.0 Å². The Morgan fingerprint density at radius 3 is 2.58 bits per heavy atom. The van der Waals surface area contributed by atoms with Crippen LogP contribution >= 0.6 is 0 Å². The van der Waals surface area contributed by atoms with Crippen molar-refractivity contribution in [2.24, 2.45) is 0 Å². The Morgan fingerprint density at radius 1 is 1.15 bits per heavy atom. The van der Waals surface area contributed by atoms with E-state index in [2.05, 4.69) is 47.1 Å². The number of rotatable bonds is 5. The fourth-order valence-corrected chi connectivity index (χ4v) is 3.20. The molecule has 1 fully saturated rings. The first-order valence-electron chi connectivity index (χ1n) is 9.10. The molecule has 0 aliphatic carbocycles. The van der Waals surface area contributed by atoms with Crippen LogP contribution in [0.3, 0.4) is 0 Å². The largest absolute Gasteiger partial charge is 0.353 e. The number of hydrogen-bond donors (Lipinski definition) is 0. The molecule has 1 amide bonds. The predicted molar refractivity (Wildman–Crippen MR) is 102 cm³/mol. The number of aryl methyl sites for hydroxylation is 2. The summed E-state index contributed by atoms with van der Waals surface area (Å²) in [5.74, 6) is 1.05. The van der Waals surface area contributed by atoms with Crippen molar-refractivity contribution in [1.82, 2.24) is 9.88 Å². The maximum absolute atomic E-state index is 12.4. The lowest BCUT2D eigenvalue weighted by Gasteiger charge is -2.35. The van der Waals surface area contributed by atoms with Gasteiger partial charge in [-0.25, -0.2) is 4.98 Å². The maximum Gasteiger partial charge on any atom is 0.222 e. The number of benzene rings is 1. The SMILES string of the molecule is Cc1ccc(CCCC(=O)N2CCN(c3cc(C#N)ccn3)CC2)cc1. The fourth-order valence-electron chi connectivity index (χ4n) is 3.20. The van der Waals surface area contributed by atoms with E-state index in [4.69, 9.17) is 5.26 Å². The number of piperazine rings is 1. The lowest BCUT2D eigenvalue weighted by molar-refractivity contribution is -0.131. The summed E-state index contributed by atoms with van der Waals surface area (Å²) in [5, 5.41) is 9.00. The summed E-state index contributed by atoms with van der Waals surface area (Å²) in [4.78, 5) is 20.9. The zero-order valence-electron chi connectivity index (χ0n) is 15.2. The van der Waals surface area contributed by atoms with Gasteiger partial charge in [0.2, 0.25) is 5.91 Å². The van der Waals surface area contributed by atoms with Crippen molar-refractivity contribution < 1.29 is 4.79 Å². The fraction of sp³-hybridized carbons (Fsp3) is 0.381. The Kier molecular flexibility index (Phi) is 5.85. The van der Waals surface area contributed by atoms with Crippen molar-refractivity contribution in [3.63, 3.8) is 0 Å². The lowest BCUT2D eigenvalue weighted by Crippen LogP contribution is -2.49. The molecule has 5 heteroatoms. The summed E-state index contributed by atoms with van der Waals surface area (Å²) < 4.78 is 0. The third-order valence-corrected chi connectivity index (χ3v) is 4.81. The van der Waals surface area contributed by atoms with Gasteiger partial charge in [-0.1, -0.05) is 29.8 Å². The molecule has 134 valence electrons. The molecule has 0 N–H and O–H groups in total. The van der Waals surface area contributed by atoms with Crippen LogP contribution in [0.15, 0.2) is 42.6 Å². The number of nitriles is 1. The first-order valence-corrected chi connectivity index (χ1v) is 9.10. The molecule has 0 radical (unpaired) electrons. The quantitative estimate of drug-likeness (QED) is 0.833. The summed E-state index contributed by atoms with van der Waals surface area (Å²) in [6.07, 6.45) is 4.08. The van der Waals surface area contributed by atoms with Gasteiger partial charge in [0.25, 0.3) is 0 Å². The normalized spacial score (nSPS) is 14.2. The van der Waals surface area contributed by atoms with E-state index in [0.29, 0.717) is 25.1 Å². The van der Waals surface area contributed by atoms with Crippen molar-refractivity contribution in [1.29, 1.82) is 5.26 Å². The second-order valence-corrected chi connectivity index (χ2v) is 6.72. The second-order valence-electron chi connectivity index (χ2n) is 6.72. The van der Waals surface area contributed by atoms with Gasteiger partial charge in [0.05, 0.1) is 11.6 Å². The molecular weight excluding hydrogens is 324 g/mol. The molecular formula is C21H24N4O. The average molecular weight is 348 g/mol. The molecule has 2 heterocycles. The van der Waals surface area contributed by atoms with Crippen LogP contribution in [0, 0.1) is 18.3 Å². The molecule has 26 heavy (non-hydrogen) atoms. The van der Waals surface area contributed by atoms with Crippen LogP contribution in [-0.2, 0) is 11.2 Å². The zero-order chi connectivity index (χ0) is 18.4. The number of anilines is 1. The summed E-state index contributed by atoms with van der Waals surface area (Å²) in [6, 6.07) is 14.2.